The van der Waals surface area contributed by atoms with Gasteiger partial charge in [-0.15, -0.1) is 10.2 Å². The van der Waals surface area contributed by atoms with E-state index in [2.05, 4.69) is 10.3 Å². The molecule has 18 radical (unpaired) electrons. The number of carbonyl (C=O) groups is 2. The zero-order valence-corrected chi connectivity index (χ0v) is 23.2. The van der Waals surface area contributed by atoms with Crippen LogP contribution in [0, 0.1) is 0 Å². The third-order valence-electron chi connectivity index (χ3n) is 6.85. The fourth-order valence-corrected chi connectivity index (χ4v) is 4.50. The van der Waals surface area contributed by atoms with Gasteiger partial charge in [-0.1, -0.05) is 53.6 Å². The molecule has 43 heavy (non-hydrogen) atoms. The van der Waals surface area contributed by atoms with Crippen LogP contribution in [0.4, 0.5) is 5.69 Å². The van der Waals surface area contributed by atoms with Gasteiger partial charge in [0.15, 0.2) is 0 Å². The summed E-state index contributed by atoms with van der Waals surface area (Å²) < 4.78 is 5.41. The lowest BCUT2D eigenvalue weighted by molar-refractivity contribution is -0.117. The summed E-state index contributed by atoms with van der Waals surface area (Å²) >= 11 is 0. The van der Waals surface area contributed by atoms with Crippen LogP contribution in [-0.4, -0.2) is 94.0 Å². The summed E-state index contributed by atoms with van der Waals surface area (Å²) in [5, 5.41) is -1.39. The SMILES string of the molecule is [B]c1nccc2cc(NC(=O)[C@H](CN)c3ccc(C([B])([B])OC(=O)c4ccc(C([B])([B])[B])cc4C([B])([B])[B])cc3)ccc12. The van der Waals surface area contributed by atoms with Crippen molar-refractivity contribution in [2.75, 3.05) is 11.9 Å². The molecule has 6 nitrogen and oxygen atoms in total. The van der Waals surface area contributed by atoms with Gasteiger partial charge in [-0.3, -0.25) is 9.78 Å². The molecule has 3 aromatic carbocycles. The summed E-state index contributed by atoms with van der Waals surface area (Å²) in [6.07, 6.45) is 1.59. The van der Waals surface area contributed by atoms with E-state index >= 15 is 0 Å². The zero-order chi connectivity index (χ0) is 31.7. The second-order valence-electron chi connectivity index (χ2n) is 10.3. The Morgan fingerprint density at radius 2 is 1.49 bits per heavy atom. The molecule has 0 aliphatic carbocycles. The van der Waals surface area contributed by atoms with Gasteiger partial charge in [0.25, 0.3) is 0 Å². The Morgan fingerprint density at radius 3 is 2.09 bits per heavy atom. The van der Waals surface area contributed by atoms with Gasteiger partial charge in [0.05, 0.1) is 64.0 Å². The molecule has 0 aliphatic rings. The van der Waals surface area contributed by atoms with Gasteiger partial charge < -0.3 is 15.8 Å². The maximum absolute atomic E-state index is 13.1. The first-order chi connectivity index (χ1) is 20.0. The standard InChI is InChI=1S/C28H18B9N3O3/c29-23-19-8-6-18(11-15(19)9-10-39-23)40-24(41)21(13-38)14-1-3-16(4-2-14)28(36,37)43-25(42)20-7-5-17(26(30,31)32)12-22(20)27(33,34)35/h1-12,21H,13,38H2,(H,40,41)/t21-/m1/s1. The Labute approximate surface area is 263 Å². The van der Waals surface area contributed by atoms with Crippen LogP contribution < -0.4 is 16.6 Å². The van der Waals surface area contributed by atoms with Gasteiger partial charge in [-0.05, 0) is 51.8 Å². The van der Waals surface area contributed by atoms with Crippen LogP contribution in [-0.2, 0) is 25.2 Å². The van der Waals surface area contributed by atoms with Crippen molar-refractivity contribution in [1.29, 1.82) is 0 Å². The number of amides is 1. The average Bonchev–Trinajstić information content (AvgIpc) is 2.92. The fraction of sp³-hybridized carbons (Fsp3) is 0.179. The molecule has 15 heteroatoms. The van der Waals surface area contributed by atoms with E-state index in [1.807, 2.05) is 0 Å². The number of aromatic nitrogens is 1. The van der Waals surface area contributed by atoms with Crippen LogP contribution in [0.5, 0.6) is 0 Å². The second kappa shape index (κ2) is 12.3. The Hall–Kier alpha value is -3.45. The molecule has 0 unspecified atom stereocenters. The largest absolute Gasteiger partial charge is 0.471 e. The molecule has 0 aliphatic heterocycles. The number of pyridine rings is 1. The van der Waals surface area contributed by atoms with Crippen LogP contribution in [0.15, 0.2) is 72.9 Å². The predicted molar refractivity (Wildman–Crippen MR) is 177 cm³/mol. The van der Waals surface area contributed by atoms with E-state index < -0.39 is 27.5 Å². The minimum absolute atomic E-state index is 0.00842. The molecule has 1 amide bonds. The van der Waals surface area contributed by atoms with E-state index in [0.717, 1.165) is 10.8 Å². The summed E-state index contributed by atoms with van der Waals surface area (Å²) in [4.78, 5) is 30.3. The molecule has 0 spiro atoms. The molecule has 0 fully saturated rings. The number of benzene rings is 3. The molecule has 4 aromatic rings. The van der Waals surface area contributed by atoms with Crippen molar-refractivity contribution in [2.45, 2.75) is 21.5 Å². The lowest BCUT2D eigenvalue weighted by Gasteiger charge is -2.31. The van der Waals surface area contributed by atoms with Crippen molar-refractivity contribution >= 4 is 105 Å². The summed E-state index contributed by atoms with van der Waals surface area (Å²) in [5.41, 5.74) is 7.70. The number of hydrogen-bond donors (Lipinski definition) is 2. The smallest absolute Gasteiger partial charge is 0.337 e. The van der Waals surface area contributed by atoms with E-state index in [1.54, 1.807) is 42.6 Å². The van der Waals surface area contributed by atoms with Gasteiger partial charge in [0.2, 0.25) is 5.91 Å². The molecule has 1 atom stereocenters. The topological polar surface area (TPSA) is 94.3 Å². The number of carbonyl (C=O) groups excluding carboxylic acids is 2. The number of anilines is 1. The van der Waals surface area contributed by atoms with Crippen molar-refractivity contribution in [2.24, 2.45) is 5.73 Å². The minimum atomic E-state index is -2.10. The van der Waals surface area contributed by atoms with Crippen LogP contribution in [0.2, 0.25) is 0 Å². The van der Waals surface area contributed by atoms with E-state index in [-0.39, 0.29) is 34.7 Å². The highest BCUT2D eigenvalue weighted by Crippen LogP contribution is 2.29. The highest BCUT2D eigenvalue weighted by Gasteiger charge is 2.30. The molecule has 190 valence electrons. The molecule has 0 bridgehead atoms. The van der Waals surface area contributed by atoms with E-state index in [4.69, 9.17) is 81.1 Å². The van der Waals surface area contributed by atoms with Crippen LogP contribution in [0.3, 0.4) is 0 Å². The summed E-state index contributed by atoms with van der Waals surface area (Å²) in [7, 11) is 53.0. The summed E-state index contributed by atoms with van der Waals surface area (Å²) in [6, 6.07) is 17.3. The highest BCUT2D eigenvalue weighted by molar-refractivity contribution is 6.60. The number of ether oxygens (including phenoxy) is 1. The van der Waals surface area contributed by atoms with Crippen molar-refractivity contribution in [1.82, 2.24) is 4.98 Å². The average molecular weight is 542 g/mol. The third kappa shape index (κ3) is 7.38. The fourth-order valence-electron chi connectivity index (χ4n) is 4.50. The Kier molecular flexibility index (Phi) is 9.27. The lowest BCUT2D eigenvalue weighted by atomic mass is 9.37. The van der Waals surface area contributed by atoms with Crippen molar-refractivity contribution in [3.8, 4) is 0 Å². The second-order valence-corrected chi connectivity index (χ2v) is 10.3. The van der Waals surface area contributed by atoms with Crippen LogP contribution in [0.1, 0.15) is 38.5 Å². The maximum Gasteiger partial charge on any atom is 0.337 e. The first kappa shape index (κ1) is 32.5. The predicted octanol–water partition coefficient (Wildman–Crippen LogP) is -0.754. The monoisotopic (exact) mass is 543 g/mol. The van der Waals surface area contributed by atoms with E-state index in [1.165, 1.54) is 30.3 Å². The number of rotatable bonds is 9. The first-order valence-electron chi connectivity index (χ1n) is 13.0. The maximum atomic E-state index is 13.1. The van der Waals surface area contributed by atoms with Gasteiger partial charge in [0, 0.05) is 18.4 Å². The highest BCUT2D eigenvalue weighted by atomic mass is 16.5. The Balaban J connectivity index is 1.52. The number of hydrogen-bond acceptors (Lipinski definition) is 5. The van der Waals surface area contributed by atoms with E-state index in [0.29, 0.717) is 16.8 Å². The number of nitrogens with zero attached hydrogens (tertiary/aromatic N) is 1. The van der Waals surface area contributed by atoms with Crippen LogP contribution in [0.25, 0.3) is 10.8 Å². The van der Waals surface area contributed by atoms with E-state index in [9.17, 15) is 9.59 Å². The normalized spacial score (nSPS) is 12.9. The number of nitrogens with one attached hydrogen (secondary N) is 1. The Bertz CT molecular complexity index is 1670. The van der Waals surface area contributed by atoms with Crippen molar-refractivity contribution in [3.63, 3.8) is 0 Å². The van der Waals surface area contributed by atoms with Gasteiger partial charge >= 0.3 is 5.97 Å². The van der Waals surface area contributed by atoms with Crippen molar-refractivity contribution < 1.29 is 14.3 Å². The quantitative estimate of drug-likeness (QED) is 0.215. The zero-order valence-electron chi connectivity index (χ0n) is 23.2. The minimum Gasteiger partial charge on any atom is -0.471 e. The number of esters is 1. The summed E-state index contributed by atoms with van der Waals surface area (Å²) in [6.45, 7) is 0.00842. The van der Waals surface area contributed by atoms with Gasteiger partial charge in [-0.2, -0.15) is 0 Å². The summed E-state index contributed by atoms with van der Waals surface area (Å²) in [5.74, 6) is -2.03. The molecule has 0 saturated carbocycles. The van der Waals surface area contributed by atoms with Gasteiger partial charge in [0.1, 0.15) is 23.5 Å². The Morgan fingerprint density at radius 1 is 0.837 bits per heavy atom. The third-order valence-corrected chi connectivity index (χ3v) is 6.85. The number of fused-ring (bicyclic) bond motifs is 1. The van der Waals surface area contributed by atoms with Gasteiger partial charge in [-0.25, -0.2) is 4.79 Å². The lowest BCUT2D eigenvalue weighted by Crippen LogP contribution is -2.36. The number of nitrogens with two attached hydrogens (primary N) is 1. The first-order valence-corrected chi connectivity index (χ1v) is 13.0. The molecule has 1 aromatic heterocycles. The van der Waals surface area contributed by atoms with Crippen molar-refractivity contribution in [3.05, 3.63) is 101 Å². The molecular formula is C28H18B9N3O3. The molecular weight excluding hydrogens is 524 g/mol. The molecule has 4 rings (SSSR count). The molecule has 3 N–H and O–H groups in total. The van der Waals surface area contributed by atoms with Crippen LogP contribution >= 0.6 is 0 Å². The molecule has 1 heterocycles. The molecule has 0 saturated heterocycles.